The van der Waals surface area contributed by atoms with Gasteiger partial charge in [0.25, 0.3) is 0 Å². The van der Waals surface area contributed by atoms with Crippen LogP contribution in [-0.2, 0) is 21.7 Å². The predicted molar refractivity (Wildman–Crippen MR) is 195 cm³/mol. The number of benzene rings is 4. The number of hydrogen-bond acceptors (Lipinski definition) is 1. The van der Waals surface area contributed by atoms with E-state index in [2.05, 4.69) is 180 Å². The fourth-order valence-electron chi connectivity index (χ4n) is 5.91. The first-order valence-electron chi connectivity index (χ1n) is 16.4. The minimum atomic E-state index is 0.0755. The van der Waals surface area contributed by atoms with Crippen molar-refractivity contribution in [1.29, 1.82) is 0 Å². The summed E-state index contributed by atoms with van der Waals surface area (Å²) in [6, 6.07) is 36.1. The van der Waals surface area contributed by atoms with E-state index < -0.39 is 0 Å². The van der Waals surface area contributed by atoms with Crippen LogP contribution in [0.25, 0.3) is 44.9 Å². The summed E-state index contributed by atoms with van der Waals surface area (Å²) in [5.41, 5.74) is 12.3. The van der Waals surface area contributed by atoms with E-state index >= 15 is 0 Å². The second kappa shape index (κ2) is 11.5. The zero-order valence-electron chi connectivity index (χ0n) is 29.6. The van der Waals surface area contributed by atoms with Crippen LogP contribution in [-0.4, -0.2) is 0 Å². The third kappa shape index (κ3) is 6.89. The molecule has 0 saturated carbocycles. The standard InChI is InChI=1S/C44H52O/c1-41(2,3)33-21-13-29(14-22-33)37-38(30-15-23-34(24-16-30)42(4,5)6)40(32-19-27-36(28-20-32)44(10,11)12)45-39(37)31-17-25-35(26-18-31)43(7,8)9/h13-28H,1-12H3. The Labute approximate surface area is 272 Å². The monoisotopic (exact) mass is 596 g/mol. The van der Waals surface area contributed by atoms with Crippen LogP contribution in [0.15, 0.2) is 101 Å². The van der Waals surface area contributed by atoms with E-state index in [9.17, 15) is 0 Å². The maximum Gasteiger partial charge on any atom is 0.143 e. The molecule has 1 heteroatoms. The molecule has 0 aliphatic carbocycles. The molecule has 1 aromatic heterocycles. The van der Waals surface area contributed by atoms with Gasteiger partial charge in [0.15, 0.2) is 0 Å². The molecule has 234 valence electrons. The molecular formula is C44H52O. The fraction of sp³-hybridized carbons (Fsp3) is 0.364. The SMILES string of the molecule is CC(C)(C)c1ccc(-c2oc(-c3ccc(C(C)(C)C)cc3)c(-c3ccc(C(C)(C)C)cc3)c2-c2ccc(C(C)(C)C)cc2)cc1. The maximum atomic E-state index is 7.07. The Balaban J connectivity index is 1.82. The van der Waals surface area contributed by atoms with E-state index in [0.29, 0.717) is 0 Å². The first-order chi connectivity index (χ1) is 20.8. The lowest BCUT2D eigenvalue weighted by Crippen LogP contribution is -2.10. The summed E-state index contributed by atoms with van der Waals surface area (Å²) < 4.78 is 7.07. The fourth-order valence-corrected chi connectivity index (χ4v) is 5.91. The van der Waals surface area contributed by atoms with Crippen molar-refractivity contribution in [3.63, 3.8) is 0 Å². The summed E-state index contributed by atoms with van der Waals surface area (Å²) in [5, 5.41) is 0. The van der Waals surface area contributed by atoms with Crippen LogP contribution in [0.5, 0.6) is 0 Å². The van der Waals surface area contributed by atoms with Crippen LogP contribution < -0.4 is 0 Å². The molecule has 0 saturated heterocycles. The normalized spacial score (nSPS) is 12.9. The molecule has 1 heterocycles. The highest BCUT2D eigenvalue weighted by Gasteiger charge is 2.27. The van der Waals surface area contributed by atoms with Crippen molar-refractivity contribution in [3.05, 3.63) is 119 Å². The van der Waals surface area contributed by atoms with Gasteiger partial charge in [0.1, 0.15) is 11.5 Å². The summed E-state index contributed by atoms with van der Waals surface area (Å²) in [6.07, 6.45) is 0. The van der Waals surface area contributed by atoms with Crippen molar-refractivity contribution < 1.29 is 4.42 Å². The van der Waals surface area contributed by atoms with E-state index in [1.165, 1.54) is 22.3 Å². The minimum Gasteiger partial charge on any atom is -0.455 e. The van der Waals surface area contributed by atoms with Crippen LogP contribution in [0.2, 0.25) is 0 Å². The number of furan rings is 1. The zero-order valence-corrected chi connectivity index (χ0v) is 29.6. The Morgan fingerprint density at radius 1 is 0.289 bits per heavy atom. The first-order valence-corrected chi connectivity index (χ1v) is 16.4. The van der Waals surface area contributed by atoms with E-state index in [4.69, 9.17) is 4.42 Å². The maximum absolute atomic E-state index is 7.07. The highest BCUT2D eigenvalue weighted by molar-refractivity contribution is 5.99. The third-order valence-electron chi connectivity index (χ3n) is 9.01. The van der Waals surface area contributed by atoms with E-state index in [0.717, 1.165) is 44.9 Å². The Hall–Kier alpha value is -3.84. The summed E-state index contributed by atoms with van der Waals surface area (Å²) in [6.45, 7) is 27.2. The Morgan fingerprint density at radius 2 is 0.489 bits per heavy atom. The van der Waals surface area contributed by atoms with Crippen LogP contribution >= 0.6 is 0 Å². The van der Waals surface area contributed by atoms with Gasteiger partial charge in [0.05, 0.1) is 0 Å². The molecule has 5 aromatic rings. The highest BCUT2D eigenvalue weighted by atomic mass is 16.3. The molecule has 5 rings (SSSR count). The van der Waals surface area contributed by atoms with Crippen molar-refractivity contribution >= 4 is 0 Å². The Kier molecular flexibility index (Phi) is 8.32. The molecule has 0 aliphatic heterocycles. The molecule has 0 amide bonds. The molecule has 45 heavy (non-hydrogen) atoms. The molecule has 0 radical (unpaired) electrons. The molecule has 0 spiro atoms. The lowest BCUT2D eigenvalue weighted by molar-refractivity contribution is 0.587. The van der Waals surface area contributed by atoms with Crippen LogP contribution in [0.4, 0.5) is 0 Å². The smallest absolute Gasteiger partial charge is 0.143 e. The number of rotatable bonds is 4. The molecule has 0 atom stereocenters. The largest absolute Gasteiger partial charge is 0.455 e. The van der Waals surface area contributed by atoms with E-state index in [-0.39, 0.29) is 21.7 Å². The van der Waals surface area contributed by atoms with E-state index in [1.807, 2.05) is 0 Å². The zero-order chi connectivity index (χ0) is 32.9. The molecule has 0 fully saturated rings. The van der Waals surface area contributed by atoms with Crippen molar-refractivity contribution in [3.8, 4) is 44.9 Å². The molecular weight excluding hydrogens is 544 g/mol. The highest BCUT2D eigenvalue weighted by Crippen LogP contribution is 2.49. The van der Waals surface area contributed by atoms with Crippen molar-refractivity contribution in [2.45, 2.75) is 105 Å². The first kappa shape index (κ1) is 32.6. The third-order valence-corrected chi connectivity index (χ3v) is 9.01. The summed E-state index contributed by atoms with van der Waals surface area (Å²) in [5.74, 6) is 1.81. The van der Waals surface area contributed by atoms with Crippen molar-refractivity contribution in [1.82, 2.24) is 0 Å². The average Bonchev–Trinajstić information content (AvgIpc) is 3.36. The lowest BCUT2D eigenvalue weighted by Gasteiger charge is -2.20. The Morgan fingerprint density at radius 3 is 0.689 bits per heavy atom. The van der Waals surface area contributed by atoms with Gasteiger partial charge in [-0.1, -0.05) is 180 Å². The van der Waals surface area contributed by atoms with E-state index in [1.54, 1.807) is 0 Å². The van der Waals surface area contributed by atoms with Gasteiger partial charge in [0, 0.05) is 22.3 Å². The molecule has 0 unspecified atom stereocenters. The molecule has 0 bridgehead atoms. The van der Waals surface area contributed by atoms with Crippen molar-refractivity contribution in [2.24, 2.45) is 0 Å². The van der Waals surface area contributed by atoms with Gasteiger partial charge in [-0.05, 0) is 55.0 Å². The molecule has 1 nitrogen and oxygen atoms in total. The second-order valence-corrected chi connectivity index (χ2v) is 16.8. The summed E-state index contributed by atoms with van der Waals surface area (Å²) in [4.78, 5) is 0. The quantitative estimate of drug-likeness (QED) is 0.201. The van der Waals surface area contributed by atoms with Gasteiger partial charge in [-0.25, -0.2) is 0 Å². The van der Waals surface area contributed by atoms with Crippen LogP contribution in [0.3, 0.4) is 0 Å². The van der Waals surface area contributed by atoms with Gasteiger partial charge >= 0.3 is 0 Å². The molecule has 4 aromatic carbocycles. The summed E-state index contributed by atoms with van der Waals surface area (Å²) >= 11 is 0. The Bertz CT molecular complexity index is 1610. The average molecular weight is 597 g/mol. The topological polar surface area (TPSA) is 13.1 Å². The number of hydrogen-bond donors (Lipinski definition) is 0. The van der Waals surface area contributed by atoms with Gasteiger partial charge in [-0.2, -0.15) is 0 Å². The second-order valence-electron chi connectivity index (χ2n) is 16.8. The molecule has 0 aliphatic rings. The van der Waals surface area contributed by atoms with Gasteiger partial charge in [-0.3, -0.25) is 0 Å². The minimum absolute atomic E-state index is 0.0755. The van der Waals surface area contributed by atoms with Crippen molar-refractivity contribution in [2.75, 3.05) is 0 Å². The molecule has 0 N–H and O–H groups in total. The van der Waals surface area contributed by atoms with Crippen LogP contribution in [0, 0.1) is 0 Å². The van der Waals surface area contributed by atoms with Gasteiger partial charge in [-0.15, -0.1) is 0 Å². The summed E-state index contributed by atoms with van der Waals surface area (Å²) in [7, 11) is 0. The lowest BCUT2D eigenvalue weighted by atomic mass is 9.83. The van der Waals surface area contributed by atoms with Gasteiger partial charge < -0.3 is 4.42 Å². The van der Waals surface area contributed by atoms with Gasteiger partial charge in [0.2, 0.25) is 0 Å². The van der Waals surface area contributed by atoms with Crippen LogP contribution in [0.1, 0.15) is 105 Å². The predicted octanol–water partition coefficient (Wildman–Crippen LogP) is 13.1.